The average Bonchev–Trinajstić information content (AvgIpc) is 2.48. The Labute approximate surface area is 125 Å². The number of hydrogen-bond acceptors (Lipinski definition) is 2. The SMILES string of the molecule is CCC1CCCC(NC2CCOC3(CCCCC3)C2)C1. The Bertz CT molecular complexity index is 292. The van der Waals surface area contributed by atoms with E-state index < -0.39 is 0 Å². The fourth-order valence-corrected chi connectivity index (χ4v) is 4.86. The lowest BCUT2D eigenvalue weighted by molar-refractivity contribution is -0.110. The van der Waals surface area contributed by atoms with E-state index in [-0.39, 0.29) is 5.60 Å². The molecule has 2 heteroatoms. The van der Waals surface area contributed by atoms with Gasteiger partial charge in [0.1, 0.15) is 0 Å². The molecule has 3 unspecified atom stereocenters. The quantitative estimate of drug-likeness (QED) is 0.825. The molecular weight excluding hydrogens is 246 g/mol. The minimum atomic E-state index is 0.257. The van der Waals surface area contributed by atoms with Gasteiger partial charge < -0.3 is 10.1 Å². The van der Waals surface area contributed by atoms with E-state index in [1.807, 2.05) is 0 Å². The van der Waals surface area contributed by atoms with Crippen molar-refractivity contribution in [2.24, 2.45) is 5.92 Å². The van der Waals surface area contributed by atoms with Gasteiger partial charge in [0, 0.05) is 18.7 Å². The molecule has 0 aromatic carbocycles. The lowest BCUT2D eigenvalue weighted by Crippen LogP contribution is -2.51. The van der Waals surface area contributed by atoms with Crippen molar-refractivity contribution >= 4 is 0 Å². The predicted molar refractivity (Wildman–Crippen MR) is 84.0 cm³/mol. The topological polar surface area (TPSA) is 21.3 Å². The fourth-order valence-electron chi connectivity index (χ4n) is 4.86. The van der Waals surface area contributed by atoms with Crippen molar-refractivity contribution in [3.63, 3.8) is 0 Å². The van der Waals surface area contributed by atoms with Crippen molar-refractivity contribution in [1.82, 2.24) is 5.32 Å². The number of rotatable bonds is 3. The lowest BCUT2D eigenvalue weighted by Gasteiger charge is -2.45. The van der Waals surface area contributed by atoms with Crippen LogP contribution < -0.4 is 5.32 Å². The largest absolute Gasteiger partial charge is 0.375 e. The van der Waals surface area contributed by atoms with Crippen LogP contribution in [0.4, 0.5) is 0 Å². The van der Waals surface area contributed by atoms with E-state index in [0.29, 0.717) is 0 Å². The van der Waals surface area contributed by atoms with Crippen LogP contribution in [0.1, 0.15) is 84.0 Å². The summed E-state index contributed by atoms with van der Waals surface area (Å²) in [5.74, 6) is 0.977. The van der Waals surface area contributed by atoms with E-state index in [4.69, 9.17) is 4.74 Å². The normalized spacial score (nSPS) is 38.0. The zero-order valence-electron chi connectivity index (χ0n) is 13.3. The summed E-state index contributed by atoms with van der Waals surface area (Å²) in [4.78, 5) is 0. The molecule has 3 fully saturated rings. The Morgan fingerprint density at radius 3 is 2.65 bits per heavy atom. The average molecular weight is 279 g/mol. The van der Waals surface area contributed by atoms with Gasteiger partial charge in [-0.25, -0.2) is 0 Å². The first-order chi connectivity index (χ1) is 9.80. The van der Waals surface area contributed by atoms with Crippen molar-refractivity contribution in [3.8, 4) is 0 Å². The van der Waals surface area contributed by atoms with Crippen LogP contribution in [0.15, 0.2) is 0 Å². The molecule has 2 nitrogen and oxygen atoms in total. The Kier molecular flexibility index (Phi) is 5.04. The molecule has 20 heavy (non-hydrogen) atoms. The van der Waals surface area contributed by atoms with Gasteiger partial charge in [0.25, 0.3) is 0 Å². The Morgan fingerprint density at radius 1 is 1.00 bits per heavy atom. The molecule has 3 aliphatic rings. The van der Waals surface area contributed by atoms with Gasteiger partial charge in [0.05, 0.1) is 5.60 Å². The Balaban J connectivity index is 1.52. The standard InChI is InChI=1S/C18H33NO/c1-2-15-7-6-8-16(13-15)19-17-9-12-20-18(14-17)10-4-3-5-11-18/h15-17,19H,2-14H2,1H3. The zero-order valence-corrected chi connectivity index (χ0v) is 13.3. The summed E-state index contributed by atoms with van der Waals surface area (Å²) in [6, 6.07) is 1.51. The van der Waals surface area contributed by atoms with Gasteiger partial charge >= 0.3 is 0 Å². The molecule has 3 atom stereocenters. The van der Waals surface area contributed by atoms with Gasteiger partial charge in [0.15, 0.2) is 0 Å². The first kappa shape index (κ1) is 14.8. The van der Waals surface area contributed by atoms with E-state index in [0.717, 1.165) is 24.6 Å². The molecule has 0 bridgehead atoms. The molecule has 1 N–H and O–H groups in total. The summed E-state index contributed by atoms with van der Waals surface area (Å²) in [7, 11) is 0. The maximum Gasteiger partial charge on any atom is 0.0697 e. The van der Waals surface area contributed by atoms with Crippen LogP contribution in [-0.4, -0.2) is 24.3 Å². The van der Waals surface area contributed by atoms with Gasteiger partial charge in [-0.2, -0.15) is 0 Å². The van der Waals surface area contributed by atoms with E-state index >= 15 is 0 Å². The van der Waals surface area contributed by atoms with E-state index in [2.05, 4.69) is 12.2 Å². The minimum absolute atomic E-state index is 0.257. The molecule has 2 saturated carbocycles. The predicted octanol–water partition coefficient (Wildman–Crippen LogP) is 4.43. The summed E-state index contributed by atoms with van der Waals surface area (Å²) in [6.07, 6.45) is 16.4. The van der Waals surface area contributed by atoms with Gasteiger partial charge in [-0.15, -0.1) is 0 Å². The summed E-state index contributed by atoms with van der Waals surface area (Å²) in [5.41, 5.74) is 0.257. The summed E-state index contributed by atoms with van der Waals surface area (Å²) in [5, 5.41) is 4.01. The third kappa shape index (κ3) is 3.57. The van der Waals surface area contributed by atoms with E-state index in [9.17, 15) is 0 Å². The van der Waals surface area contributed by atoms with Gasteiger partial charge in [-0.05, 0) is 44.4 Å². The van der Waals surface area contributed by atoms with Crippen LogP contribution in [0.25, 0.3) is 0 Å². The maximum absolute atomic E-state index is 6.23. The van der Waals surface area contributed by atoms with Crippen molar-refractivity contribution in [3.05, 3.63) is 0 Å². The van der Waals surface area contributed by atoms with Crippen LogP contribution in [-0.2, 0) is 4.74 Å². The van der Waals surface area contributed by atoms with Crippen molar-refractivity contribution in [2.45, 2.75) is 102 Å². The molecular formula is C18H33NO. The van der Waals surface area contributed by atoms with Crippen molar-refractivity contribution < 1.29 is 4.74 Å². The maximum atomic E-state index is 6.23. The van der Waals surface area contributed by atoms with Crippen molar-refractivity contribution in [1.29, 1.82) is 0 Å². The summed E-state index contributed by atoms with van der Waals surface area (Å²) < 4.78 is 6.23. The molecule has 1 spiro atoms. The van der Waals surface area contributed by atoms with Crippen LogP contribution >= 0.6 is 0 Å². The molecule has 0 amide bonds. The second-order valence-electron chi connectivity index (χ2n) is 7.59. The summed E-state index contributed by atoms with van der Waals surface area (Å²) >= 11 is 0. The highest BCUT2D eigenvalue weighted by molar-refractivity contribution is 4.93. The molecule has 116 valence electrons. The minimum Gasteiger partial charge on any atom is -0.375 e. The molecule has 1 heterocycles. The van der Waals surface area contributed by atoms with Crippen LogP contribution in [0.3, 0.4) is 0 Å². The Morgan fingerprint density at radius 2 is 1.85 bits per heavy atom. The second-order valence-corrected chi connectivity index (χ2v) is 7.59. The number of nitrogens with one attached hydrogen (secondary N) is 1. The zero-order chi connectivity index (χ0) is 13.8. The number of hydrogen-bond donors (Lipinski definition) is 1. The second kappa shape index (κ2) is 6.79. The third-order valence-electron chi connectivity index (χ3n) is 6.09. The molecule has 1 aliphatic heterocycles. The first-order valence-electron chi connectivity index (χ1n) is 9.20. The summed E-state index contributed by atoms with van der Waals surface area (Å²) in [6.45, 7) is 3.35. The molecule has 0 radical (unpaired) electrons. The lowest BCUT2D eigenvalue weighted by atomic mass is 9.77. The number of ether oxygens (including phenoxy) is 1. The highest BCUT2D eigenvalue weighted by atomic mass is 16.5. The third-order valence-corrected chi connectivity index (χ3v) is 6.09. The van der Waals surface area contributed by atoms with E-state index in [1.54, 1.807) is 0 Å². The van der Waals surface area contributed by atoms with Crippen LogP contribution in [0, 0.1) is 5.92 Å². The first-order valence-corrected chi connectivity index (χ1v) is 9.20. The molecule has 2 aliphatic carbocycles. The molecule has 0 aromatic heterocycles. The molecule has 0 aromatic rings. The van der Waals surface area contributed by atoms with Gasteiger partial charge in [-0.1, -0.05) is 45.4 Å². The van der Waals surface area contributed by atoms with Gasteiger partial charge in [-0.3, -0.25) is 0 Å². The van der Waals surface area contributed by atoms with Crippen molar-refractivity contribution in [2.75, 3.05) is 6.61 Å². The molecule has 3 rings (SSSR count). The fraction of sp³-hybridized carbons (Fsp3) is 1.00. The highest BCUT2D eigenvalue weighted by Gasteiger charge is 2.39. The van der Waals surface area contributed by atoms with E-state index in [1.165, 1.54) is 77.0 Å². The highest BCUT2D eigenvalue weighted by Crippen LogP contribution is 2.39. The van der Waals surface area contributed by atoms with Crippen LogP contribution in [0.2, 0.25) is 0 Å². The Hall–Kier alpha value is -0.0800. The van der Waals surface area contributed by atoms with Gasteiger partial charge in [0.2, 0.25) is 0 Å². The molecule has 1 saturated heterocycles. The van der Waals surface area contributed by atoms with Crippen LogP contribution in [0.5, 0.6) is 0 Å². The monoisotopic (exact) mass is 279 g/mol. The smallest absolute Gasteiger partial charge is 0.0697 e.